The fourth-order valence-corrected chi connectivity index (χ4v) is 4.27. The number of carbonyl (C=O) groups is 3. The molecule has 0 unspecified atom stereocenters. The summed E-state index contributed by atoms with van der Waals surface area (Å²) in [6.07, 6.45) is 6.42. The van der Waals surface area contributed by atoms with Gasteiger partial charge in [0.2, 0.25) is 11.8 Å². The van der Waals surface area contributed by atoms with E-state index < -0.39 is 5.92 Å². The quantitative estimate of drug-likeness (QED) is 0.322. The van der Waals surface area contributed by atoms with E-state index in [-0.39, 0.29) is 55.4 Å². The number of aliphatic hydroxyl groups excluding tert-OH is 1. The topological polar surface area (TPSA) is 95.9 Å². The molecule has 1 aliphatic rings. The van der Waals surface area contributed by atoms with Crippen LogP contribution in [0.5, 0.6) is 0 Å². The number of benzene rings is 1. The first-order valence-electron chi connectivity index (χ1n) is 12.0. The van der Waals surface area contributed by atoms with Crippen LogP contribution in [0.4, 0.5) is 0 Å². The van der Waals surface area contributed by atoms with E-state index in [0.29, 0.717) is 25.8 Å². The van der Waals surface area contributed by atoms with Crippen LogP contribution in [0.3, 0.4) is 0 Å². The van der Waals surface area contributed by atoms with Crippen LogP contribution in [-0.2, 0) is 25.5 Å². The molecule has 1 heterocycles. The van der Waals surface area contributed by atoms with Crippen LogP contribution < -0.4 is 5.32 Å². The number of likely N-dealkylation sites (tertiary alicyclic amines) is 1. The number of nitrogens with zero attached hydrogens (tertiary/aromatic N) is 1. The molecule has 1 fully saturated rings. The van der Waals surface area contributed by atoms with Gasteiger partial charge in [-0.25, -0.2) is 0 Å². The molecule has 7 heteroatoms. The third-order valence-electron chi connectivity index (χ3n) is 6.10. The van der Waals surface area contributed by atoms with Crippen LogP contribution in [-0.4, -0.2) is 59.6 Å². The van der Waals surface area contributed by atoms with Crippen LogP contribution in [0, 0.1) is 11.8 Å². The Labute approximate surface area is 202 Å². The van der Waals surface area contributed by atoms with Crippen molar-refractivity contribution in [3.05, 3.63) is 61.2 Å². The van der Waals surface area contributed by atoms with E-state index in [1.54, 1.807) is 24.0 Å². The minimum absolute atomic E-state index is 0.0245. The molecular weight excluding hydrogens is 432 g/mol. The zero-order chi connectivity index (χ0) is 24.9. The Hall–Kier alpha value is -2.93. The van der Waals surface area contributed by atoms with Gasteiger partial charge in [0, 0.05) is 19.0 Å². The summed E-state index contributed by atoms with van der Waals surface area (Å²) in [6, 6.07) is 9.22. The van der Waals surface area contributed by atoms with E-state index in [0.717, 1.165) is 18.4 Å². The summed E-state index contributed by atoms with van der Waals surface area (Å²) in [5.41, 5.74) is 1.06. The summed E-state index contributed by atoms with van der Waals surface area (Å²) >= 11 is 0. The molecule has 4 atom stereocenters. The van der Waals surface area contributed by atoms with Crippen LogP contribution in [0.15, 0.2) is 55.6 Å². The summed E-state index contributed by atoms with van der Waals surface area (Å²) in [4.78, 5) is 40.1. The van der Waals surface area contributed by atoms with Gasteiger partial charge in [-0.1, -0.05) is 42.5 Å². The second kappa shape index (κ2) is 14.4. The zero-order valence-electron chi connectivity index (χ0n) is 20.2. The monoisotopic (exact) mass is 470 g/mol. The van der Waals surface area contributed by atoms with Crippen molar-refractivity contribution in [2.45, 2.75) is 57.5 Å². The minimum Gasteiger partial charge on any atom is -0.463 e. The van der Waals surface area contributed by atoms with Crippen molar-refractivity contribution in [1.29, 1.82) is 0 Å². The molecule has 1 aromatic carbocycles. The Bertz CT molecular complexity index is 826. The maximum absolute atomic E-state index is 13.3. The molecular formula is C27H38N2O5. The number of hydrogen-bond acceptors (Lipinski definition) is 5. The maximum Gasteiger partial charge on any atom is 0.309 e. The van der Waals surface area contributed by atoms with Crippen molar-refractivity contribution in [1.82, 2.24) is 10.2 Å². The highest BCUT2D eigenvalue weighted by molar-refractivity contribution is 5.86. The first kappa shape index (κ1) is 27.3. The van der Waals surface area contributed by atoms with E-state index in [1.165, 1.54) is 0 Å². The van der Waals surface area contributed by atoms with Gasteiger partial charge in [-0.3, -0.25) is 14.4 Å². The number of ether oxygens (including phenoxy) is 1. The smallest absolute Gasteiger partial charge is 0.309 e. The summed E-state index contributed by atoms with van der Waals surface area (Å²) in [5.74, 6) is -1.56. The molecule has 0 radical (unpaired) electrons. The Morgan fingerprint density at radius 2 is 1.85 bits per heavy atom. The van der Waals surface area contributed by atoms with E-state index >= 15 is 0 Å². The highest BCUT2D eigenvalue weighted by Gasteiger charge is 2.34. The van der Waals surface area contributed by atoms with Crippen molar-refractivity contribution in [2.75, 3.05) is 19.8 Å². The van der Waals surface area contributed by atoms with Crippen molar-refractivity contribution in [3.63, 3.8) is 0 Å². The van der Waals surface area contributed by atoms with Crippen molar-refractivity contribution in [2.24, 2.45) is 11.8 Å². The van der Waals surface area contributed by atoms with E-state index in [9.17, 15) is 14.4 Å². The van der Waals surface area contributed by atoms with Gasteiger partial charge in [0.1, 0.15) is 6.61 Å². The van der Waals surface area contributed by atoms with Crippen LogP contribution in [0.25, 0.3) is 0 Å². The summed E-state index contributed by atoms with van der Waals surface area (Å²) < 4.78 is 5.67. The average Bonchev–Trinajstić information content (AvgIpc) is 3.30. The lowest BCUT2D eigenvalue weighted by Gasteiger charge is -2.29. The highest BCUT2D eigenvalue weighted by atomic mass is 16.5. The molecule has 1 aliphatic heterocycles. The molecule has 34 heavy (non-hydrogen) atoms. The number of nitrogens with one attached hydrogen (secondary N) is 1. The third kappa shape index (κ3) is 8.45. The summed E-state index contributed by atoms with van der Waals surface area (Å²) in [5, 5.41) is 11.8. The Morgan fingerprint density at radius 3 is 2.50 bits per heavy atom. The van der Waals surface area contributed by atoms with Crippen molar-refractivity contribution < 1.29 is 24.2 Å². The lowest BCUT2D eigenvalue weighted by atomic mass is 9.96. The van der Waals surface area contributed by atoms with Gasteiger partial charge in [-0.05, 0) is 44.6 Å². The molecule has 0 spiro atoms. The second-order valence-corrected chi connectivity index (χ2v) is 8.95. The van der Waals surface area contributed by atoms with Crippen LogP contribution >= 0.6 is 0 Å². The Morgan fingerprint density at radius 1 is 1.18 bits per heavy atom. The fraction of sp³-hybridized carbons (Fsp3) is 0.519. The highest BCUT2D eigenvalue weighted by Crippen LogP contribution is 2.24. The molecule has 0 bridgehead atoms. The maximum atomic E-state index is 13.3. The van der Waals surface area contributed by atoms with Crippen molar-refractivity contribution in [3.8, 4) is 0 Å². The molecule has 2 amide bonds. The normalized spacial score (nSPS) is 17.9. The van der Waals surface area contributed by atoms with Gasteiger partial charge in [-0.15, -0.1) is 13.2 Å². The Kier molecular flexibility index (Phi) is 11.5. The largest absolute Gasteiger partial charge is 0.463 e. The van der Waals surface area contributed by atoms with E-state index in [1.807, 2.05) is 30.3 Å². The first-order chi connectivity index (χ1) is 16.4. The first-order valence-corrected chi connectivity index (χ1v) is 12.0. The van der Waals surface area contributed by atoms with Gasteiger partial charge < -0.3 is 20.1 Å². The molecule has 7 nitrogen and oxygen atoms in total. The van der Waals surface area contributed by atoms with Crippen LogP contribution in [0.2, 0.25) is 0 Å². The SMILES string of the molecule is C=CC[C@@H](Cc1ccccc1)C(=O)OC[C@@H]1CCCN1C(=O)[C@@H](CC=C)CC(=O)N[C@@H](C)CO. The zero-order valence-corrected chi connectivity index (χ0v) is 20.2. The molecule has 0 aromatic heterocycles. The summed E-state index contributed by atoms with van der Waals surface area (Å²) in [6.45, 7) is 9.74. The Balaban J connectivity index is 1.97. The van der Waals surface area contributed by atoms with Gasteiger partial charge >= 0.3 is 5.97 Å². The lowest BCUT2D eigenvalue weighted by Crippen LogP contribution is -2.44. The molecule has 2 rings (SSSR count). The predicted octanol–water partition coefficient (Wildman–Crippen LogP) is 3.04. The van der Waals surface area contributed by atoms with Gasteiger partial charge in [0.25, 0.3) is 0 Å². The average molecular weight is 471 g/mol. The number of aliphatic hydroxyl groups is 1. The minimum atomic E-state index is -0.536. The number of carbonyl (C=O) groups excluding carboxylic acids is 3. The molecule has 2 N–H and O–H groups in total. The second-order valence-electron chi connectivity index (χ2n) is 8.95. The number of allylic oxidation sites excluding steroid dienone is 2. The molecule has 0 aliphatic carbocycles. The van der Waals surface area contributed by atoms with Gasteiger partial charge in [0.15, 0.2) is 0 Å². The van der Waals surface area contributed by atoms with Crippen LogP contribution in [0.1, 0.15) is 44.6 Å². The standard InChI is InChI=1S/C27H38N2O5/c1-4-10-22(17-25(31)28-20(3)18-30)26(32)29-15-9-14-24(29)19-34-27(33)23(11-5-2)16-21-12-7-6-8-13-21/h4-8,12-13,20,22-24,30H,1-2,9-11,14-19H2,3H3,(H,28,31)/t20-,22-,23-,24-/m0/s1. The summed E-state index contributed by atoms with van der Waals surface area (Å²) in [7, 11) is 0. The number of hydrogen-bond donors (Lipinski definition) is 2. The van der Waals surface area contributed by atoms with Gasteiger partial charge in [0.05, 0.1) is 24.5 Å². The fourth-order valence-electron chi connectivity index (χ4n) is 4.27. The molecule has 186 valence electrons. The van der Waals surface area contributed by atoms with Crippen molar-refractivity contribution >= 4 is 17.8 Å². The van der Waals surface area contributed by atoms with E-state index in [2.05, 4.69) is 18.5 Å². The number of esters is 1. The predicted molar refractivity (Wildman–Crippen MR) is 132 cm³/mol. The number of rotatable bonds is 14. The van der Waals surface area contributed by atoms with E-state index in [4.69, 9.17) is 9.84 Å². The van der Waals surface area contributed by atoms with Gasteiger partial charge in [-0.2, -0.15) is 0 Å². The molecule has 1 aromatic rings. The lowest BCUT2D eigenvalue weighted by molar-refractivity contribution is -0.152. The molecule has 1 saturated heterocycles. The number of amides is 2. The molecule has 0 saturated carbocycles. The third-order valence-corrected chi connectivity index (χ3v) is 6.10.